The fourth-order valence-corrected chi connectivity index (χ4v) is 1.62. The molecule has 0 saturated heterocycles. The number of hydrogen-bond acceptors (Lipinski definition) is 6. The minimum absolute atomic E-state index is 0.0417. The summed E-state index contributed by atoms with van der Waals surface area (Å²) in [6, 6.07) is 7.16. The van der Waals surface area contributed by atoms with Crippen molar-refractivity contribution in [3.63, 3.8) is 0 Å². The van der Waals surface area contributed by atoms with Crippen LogP contribution in [0.2, 0.25) is 5.02 Å². The normalized spacial score (nSPS) is 9.80. The summed E-state index contributed by atoms with van der Waals surface area (Å²) in [5, 5.41) is 19.9. The van der Waals surface area contributed by atoms with Gasteiger partial charge in [-0.05, 0) is 12.1 Å². The van der Waals surface area contributed by atoms with Gasteiger partial charge in [-0.1, -0.05) is 11.6 Å². The molecule has 1 aromatic carbocycles. The summed E-state index contributed by atoms with van der Waals surface area (Å²) < 4.78 is 5.38. The van der Waals surface area contributed by atoms with Crippen LogP contribution in [0.15, 0.2) is 30.5 Å². The van der Waals surface area contributed by atoms with Crippen LogP contribution in [0.5, 0.6) is 11.6 Å². The fourth-order valence-electron chi connectivity index (χ4n) is 1.46. The van der Waals surface area contributed by atoms with E-state index >= 15 is 0 Å². The first-order chi connectivity index (χ1) is 9.51. The van der Waals surface area contributed by atoms with Crippen molar-refractivity contribution in [3.05, 3.63) is 51.2 Å². The number of nitrogens with two attached hydrogens (primary N) is 1. The summed E-state index contributed by atoms with van der Waals surface area (Å²) in [5.74, 6) is 0.282. The van der Waals surface area contributed by atoms with Crippen LogP contribution in [0.25, 0.3) is 0 Å². The molecule has 1 heterocycles. The second-order valence-electron chi connectivity index (χ2n) is 3.70. The zero-order valence-electron chi connectivity index (χ0n) is 9.91. The Balaban J connectivity index is 2.34. The molecule has 0 aliphatic rings. The number of nitrogen functional groups attached to an aromatic ring is 1. The van der Waals surface area contributed by atoms with Gasteiger partial charge in [-0.15, -0.1) is 0 Å². The first-order valence-corrected chi connectivity index (χ1v) is 5.66. The third-order valence-electron chi connectivity index (χ3n) is 2.35. The highest BCUT2D eigenvalue weighted by molar-refractivity contribution is 6.30. The summed E-state index contributed by atoms with van der Waals surface area (Å²) in [7, 11) is 0. The van der Waals surface area contributed by atoms with Gasteiger partial charge in [0.25, 0.3) is 5.69 Å². The molecule has 7 nitrogen and oxygen atoms in total. The number of aromatic nitrogens is 1. The van der Waals surface area contributed by atoms with Gasteiger partial charge >= 0.3 is 0 Å². The lowest BCUT2D eigenvalue weighted by Gasteiger charge is -2.07. The molecule has 0 radical (unpaired) electrons. The molecule has 1 aromatic heterocycles. The maximum absolute atomic E-state index is 10.6. The maximum atomic E-state index is 10.6. The number of rotatable bonds is 3. The van der Waals surface area contributed by atoms with E-state index in [-0.39, 0.29) is 28.6 Å². The van der Waals surface area contributed by atoms with Crippen molar-refractivity contribution in [2.24, 2.45) is 0 Å². The van der Waals surface area contributed by atoms with Gasteiger partial charge in [0.15, 0.2) is 0 Å². The highest BCUT2D eigenvalue weighted by Gasteiger charge is 2.13. The number of nitro benzene ring substituents is 1. The molecule has 2 N–H and O–H groups in total. The summed E-state index contributed by atoms with van der Waals surface area (Å²) in [4.78, 5) is 13.9. The van der Waals surface area contributed by atoms with Crippen LogP contribution >= 0.6 is 11.6 Å². The minimum Gasteiger partial charge on any atom is -0.438 e. The zero-order valence-corrected chi connectivity index (χ0v) is 10.7. The van der Waals surface area contributed by atoms with Gasteiger partial charge in [0.05, 0.1) is 9.95 Å². The standard InChI is InChI=1S/C12H7ClN4O3/c13-8-3-7(5-14)12(16-6-8)20-9-1-2-11(17(18)19)10(15)4-9/h1-4,6H,15H2. The van der Waals surface area contributed by atoms with Gasteiger partial charge in [0.1, 0.15) is 23.1 Å². The molecule has 8 heteroatoms. The number of nitriles is 1. The van der Waals surface area contributed by atoms with Gasteiger partial charge in [-0.25, -0.2) is 4.98 Å². The second-order valence-corrected chi connectivity index (χ2v) is 4.13. The quantitative estimate of drug-likeness (QED) is 0.528. The van der Waals surface area contributed by atoms with E-state index < -0.39 is 4.92 Å². The molecular weight excluding hydrogens is 284 g/mol. The van der Waals surface area contributed by atoms with Crippen LogP contribution in [0.3, 0.4) is 0 Å². The van der Waals surface area contributed by atoms with Gasteiger partial charge in [-0.3, -0.25) is 10.1 Å². The van der Waals surface area contributed by atoms with E-state index in [1.165, 1.54) is 30.5 Å². The molecule has 0 aliphatic carbocycles. The second kappa shape index (κ2) is 5.42. The molecule has 0 bridgehead atoms. The van der Waals surface area contributed by atoms with E-state index in [9.17, 15) is 10.1 Å². The summed E-state index contributed by atoms with van der Waals surface area (Å²) in [5.41, 5.74) is 5.43. The van der Waals surface area contributed by atoms with E-state index in [0.717, 1.165) is 0 Å². The van der Waals surface area contributed by atoms with Gasteiger partial charge in [0, 0.05) is 18.3 Å². The predicted molar refractivity (Wildman–Crippen MR) is 71.5 cm³/mol. The molecule has 0 aliphatic heterocycles. The van der Waals surface area contributed by atoms with Crippen LogP contribution in [0, 0.1) is 21.4 Å². The molecular formula is C12H7ClN4O3. The van der Waals surface area contributed by atoms with Crippen LogP contribution in [-0.2, 0) is 0 Å². The van der Waals surface area contributed by atoms with E-state index in [0.29, 0.717) is 5.02 Å². The largest absolute Gasteiger partial charge is 0.438 e. The Bertz CT molecular complexity index is 727. The Kier molecular flexibility index (Phi) is 3.68. The highest BCUT2D eigenvalue weighted by atomic mass is 35.5. The lowest BCUT2D eigenvalue weighted by atomic mass is 10.2. The van der Waals surface area contributed by atoms with Crippen molar-refractivity contribution in [2.45, 2.75) is 0 Å². The van der Waals surface area contributed by atoms with Crippen molar-refractivity contribution < 1.29 is 9.66 Å². The Labute approximate surface area is 118 Å². The molecule has 0 fully saturated rings. The molecule has 100 valence electrons. The number of hydrogen-bond donors (Lipinski definition) is 1. The lowest BCUT2D eigenvalue weighted by molar-refractivity contribution is -0.383. The van der Waals surface area contributed by atoms with Crippen LogP contribution in [-0.4, -0.2) is 9.91 Å². The molecule has 0 atom stereocenters. The van der Waals surface area contributed by atoms with Crippen molar-refractivity contribution in [1.82, 2.24) is 4.98 Å². The first-order valence-electron chi connectivity index (χ1n) is 5.28. The van der Waals surface area contributed by atoms with Crippen molar-refractivity contribution in [1.29, 1.82) is 5.26 Å². The predicted octanol–water partition coefficient (Wildman–Crippen LogP) is 2.89. The van der Waals surface area contributed by atoms with Crippen molar-refractivity contribution in [2.75, 3.05) is 5.73 Å². The van der Waals surface area contributed by atoms with Crippen LogP contribution < -0.4 is 10.5 Å². The minimum atomic E-state index is -0.597. The molecule has 0 saturated carbocycles. The van der Waals surface area contributed by atoms with Gasteiger partial charge in [-0.2, -0.15) is 5.26 Å². The average Bonchev–Trinajstić information content (AvgIpc) is 2.40. The molecule has 0 amide bonds. The molecule has 0 unspecified atom stereocenters. The Morgan fingerprint density at radius 2 is 2.20 bits per heavy atom. The number of anilines is 1. The van der Waals surface area contributed by atoms with E-state index in [4.69, 9.17) is 27.3 Å². The molecule has 20 heavy (non-hydrogen) atoms. The average molecular weight is 291 g/mol. The van der Waals surface area contributed by atoms with Crippen LogP contribution in [0.4, 0.5) is 11.4 Å². The van der Waals surface area contributed by atoms with Crippen molar-refractivity contribution >= 4 is 23.0 Å². The topological polar surface area (TPSA) is 115 Å². The number of nitrogens with zero attached hydrogens (tertiary/aromatic N) is 3. The monoisotopic (exact) mass is 290 g/mol. The summed E-state index contributed by atoms with van der Waals surface area (Å²) >= 11 is 5.72. The first kappa shape index (κ1) is 13.6. The highest BCUT2D eigenvalue weighted by Crippen LogP contribution is 2.30. The molecule has 2 aromatic rings. The third kappa shape index (κ3) is 2.76. The smallest absolute Gasteiger partial charge is 0.292 e. The summed E-state index contributed by atoms with van der Waals surface area (Å²) in [6.45, 7) is 0. The van der Waals surface area contributed by atoms with Crippen LogP contribution in [0.1, 0.15) is 5.56 Å². The number of nitro groups is 1. The third-order valence-corrected chi connectivity index (χ3v) is 2.56. The number of benzene rings is 1. The fraction of sp³-hybridized carbons (Fsp3) is 0. The maximum Gasteiger partial charge on any atom is 0.292 e. The Morgan fingerprint density at radius 3 is 2.80 bits per heavy atom. The van der Waals surface area contributed by atoms with E-state index in [1.807, 2.05) is 6.07 Å². The van der Waals surface area contributed by atoms with Crippen molar-refractivity contribution in [3.8, 4) is 17.7 Å². The Morgan fingerprint density at radius 1 is 1.45 bits per heavy atom. The van der Waals surface area contributed by atoms with Gasteiger partial charge in [0.2, 0.25) is 5.88 Å². The molecule has 2 rings (SSSR count). The SMILES string of the molecule is N#Cc1cc(Cl)cnc1Oc1ccc([N+](=O)[O-])c(N)c1. The zero-order chi connectivity index (χ0) is 14.7. The number of ether oxygens (including phenoxy) is 1. The Hall–Kier alpha value is -2.85. The number of pyridine rings is 1. The lowest BCUT2D eigenvalue weighted by Crippen LogP contribution is -1.97. The van der Waals surface area contributed by atoms with E-state index in [2.05, 4.69) is 4.98 Å². The summed E-state index contributed by atoms with van der Waals surface area (Å²) in [6.07, 6.45) is 1.33. The number of halogens is 1. The van der Waals surface area contributed by atoms with E-state index in [1.54, 1.807) is 0 Å². The van der Waals surface area contributed by atoms with Gasteiger partial charge < -0.3 is 10.5 Å². The molecule has 0 spiro atoms.